The molecule has 2 heteroatoms. The summed E-state index contributed by atoms with van der Waals surface area (Å²) in [4.78, 5) is 4.67. The number of hydrogen-bond acceptors (Lipinski definition) is 2. The molecule has 0 atom stereocenters. The first-order chi connectivity index (χ1) is 10.5. The SMILES string of the molecule is CCCC/C=C/C1=C(C)C(=NCc2ccccc2)OC1(C)C. The van der Waals surface area contributed by atoms with E-state index in [2.05, 4.69) is 57.0 Å². The predicted molar refractivity (Wildman–Crippen MR) is 94.1 cm³/mol. The molecule has 0 unspecified atom stereocenters. The number of nitrogens with zero attached hydrogens (tertiary/aromatic N) is 1. The summed E-state index contributed by atoms with van der Waals surface area (Å²) in [6.45, 7) is 9.21. The standard InChI is InChI=1S/C20H27NO/c1-5-6-7-11-14-18-16(2)19(22-20(18,3)4)21-15-17-12-9-8-10-13-17/h8-14H,5-7,15H2,1-4H3/b14-11+,21-19?. The van der Waals surface area contributed by atoms with Crippen LogP contribution >= 0.6 is 0 Å². The van der Waals surface area contributed by atoms with E-state index in [4.69, 9.17) is 4.74 Å². The molecule has 0 fully saturated rings. The van der Waals surface area contributed by atoms with E-state index in [9.17, 15) is 0 Å². The molecule has 1 aromatic rings. The topological polar surface area (TPSA) is 21.6 Å². The van der Waals surface area contributed by atoms with Gasteiger partial charge in [0.2, 0.25) is 5.90 Å². The number of hydrogen-bond donors (Lipinski definition) is 0. The Morgan fingerprint density at radius 3 is 2.59 bits per heavy atom. The Hall–Kier alpha value is -1.83. The summed E-state index contributed by atoms with van der Waals surface area (Å²) in [5.74, 6) is 0.781. The molecular weight excluding hydrogens is 270 g/mol. The van der Waals surface area contributed by atoms with Crippen LogP contribution in [0.5, 0.6) is 0 Å². The van der Waals surface area contributed by atoms with Crippen LogP contribution in [0.15, 0.2) is 58.6 Å². The normalized spacial score (nSPS) is 19.2. The van der Waals surface area contributed by atoms with Crippen LogP contribution in [0.2, 0.25) is 0 Å². The highest BCUT2D eigenvalue weighted by Gasteiger charge is 2.35. The summed E-state index contributed by atoms with van der Waals surface area (Å²) in [6.07, 6.45) is 8.06. The third-order valence-electron chi connectivity index (χ3n) is 3.98. The van der Waals surface area contributed by atoms with Crippen molar-refractivity contribution >= 4 is 5.90 Å². The first-order valence-electron chi connectivity index (χ1n) is 8.20. The summed E-state index contributed by atoms with van der Waals surface area (Å²) in [6, 6.07) is 10.3. The quantitative estimate of drug-likeness (QED) is 0.639. The van der Waals surface area contributed by atoms with E-state index < -0.39 is 0 Å². The maximum Gasteiger partial charge on any atom is 0.213 e. The van der Waals surface area contributed by atoms with Crippen LogP contribution in [0.4, 0.5) is 0 Å². The maximum atomic E-state index is 6.08. The van der Waals surface area contributed by atoms with Gasteiger partial charge in [0.15, 0.2) is 0 Å². The average Bonchev–Trinajstić information content (AvgIpc) is 2.73. The van der Waals surface area contributed by atoms with Crippen molar-refractivity contribution in [3.05, 3.63) is 59.2 Å². The molecule has 0 bridgehead atoms. The largest absolute Gasteiger partial charge is 0.467 e. The van der Waals surface area contributed by atoms with Crippen LogP contribution in [0, 0.1) is 0 Å². The van der Waals surface area contributed by atoms with Crippen LogP contribution in [-0.2, 0) is 11.3 Å². The highest BCUT2D eigenvalue weighted by molar-refractivity contribution is 5.97. The minimum Gasteiger partial charge on any atom is -0.467 e. The van der Waals surface area contributed by atoms with Gasteiger partial charge in [0, 0.05) is 11.1 Å². The van der Waals surface area contributed by atoms with Crippen molar-refractivity contribution in [2.24, 2.45) is 4.99 Å². The average molecular weight is 297 g/mol. The zero-order chi connectivity index (χ0) is 16.0. The Morgan fingerprint density at radius 2 is 1.91 bits per heavy atom. The number of ether oxygens (including phenoxy) is 1. The van der Waals surface area contributed by atoms with E-state index in [1.807, 2.05) is 18.2 Å². The molecule has 0 saturated carbocycles. The fraction of sp³-hybridized carbons (Fsp3) is 0.450. The molecule has 1 heterocycles. The molecule has 1 aromatic carbocycles. The maximum absolute atomic E-state index is 6.08. The van der Waals surface area contributed by atoms with E-state index in [0.29, 0.717) is 6.54 Å². The van der Waals surface area contributed by atoms with Gasteiger partial charge in [-0.1, -0.05) is 62.2 Å². The van der Waals surface area contributed by atoms with Gasteiger partial charge in [0.05, 0.1) is 6.54 Å². The van der Waals surface area contributed by atoms with Crippen molar-refractivity contribution in [3.63, 3.8) is 0 Å². The number of rotatable bonds is 6. The van der Waals surface area contributed by atoms with E-state index in [1.54, 1.807) is 0 Å². The van der Waals surface area contributed by atoms with Gasteiger partial charge in [0.1, 0.15) is 5.60 Å². The van der Waals surface area contributed by atoms with Crippen molar-refractivity contribution < 1.29 is 4.74 Å². The fourth-order valence-corrected chi connectivity index (χ4v) is 2.69. The van der Waals surface area contributed by atoms with Crippen molar-refractivity contribution in [1.29, 1.82) is 0 Å². The van der Waals surface area contributed by atoms with Crippen LogP contribution in [0.25, 0.3) is 0 Å². The number of unbranched alkanes of at least 4 members (excludes halogenated alkanes) is 2. The van der Waals surface area contributed by atoms with Gasteiger partial charge in [0.25, 0.3) is 0 Å². The van der Waals surface area contributed by atoms with Gasteiger partial charge < -0.3 is 4.74 Å². The number of benzene rings is 1. The van der Waals surface area contributed by atoms with Gasteiger partial charge in [-0.2, -0.15) is 0 Å². The lowest BCUT2D eigenvalue weighted by atomic mass is 9.95. The third kappa shape index (κ3) is 4.09. The Morgan fingerprint density at radius 1 is 1.18 bits per heavy atom. The molecule has 1 aliphatic heterocycles. The monoisotopic (exact) mass is 297 g/mol. The van der Waals surface area contributed by atoms with E-state index in [1.165, 1.54) is 24.0 Å². The fourth-order valence-electron chi connectivity index (χ4n) is 2.69. The van der Waals surface area contributed by atoms with Gasteiger partial charge in [-0.25, -0.2) is 4.99 Å². The highest BCUT2D eigenvalue weighted by Crippen LogP contribution is 2.34. The lowest BCUT2D eigenvalue weighted by molar-refractivity contribution is 0.153. The molecule has 2 rings (SSSR count). The van der Waals surface area contributed by atoms with Gasteiger partial charge in [-0.15, -0.1) is 0 Å². The van der Waals surface area contributed by atoms with Crippen LogP contribution in [0.1, 0.15) is 52.5 Å². The van der Waals surface area contributed by atoms with Gasteiger partial charge >= 0.3 is 0 Å². The Bertz CT molecular complexity index is 579. The van der Waals surface area contributed by atoms with Crippen LogP contribution in [-0.4, -0.2) is 11.5 Å². The van der Waals surface area contributed by atoms with E-state index in [-0.39, 0.29) is 5.60 Å². The lowest BCUT2D eigenvalue weighted by Crippen LogP contribution is -2.22. The molecule has 22 heavy (non-hydrogen) atoms. The van der Waals surface area contributed by atoms with Crippen molar-refractivity contribution in [2.45, 2.75) is 59.1 Å². The van der Waals surface area contributed by atoms with Gasteiger partial charge in [-0.3, -0.25) is 0 Å². The molecule has 0 spiro atoms. The molecule has 118 valence electrons. The molecule has 0 aliphatic carbocycles. The first-order valence-corrected chi connectivity index (χ1v) is 8.20. The second kappa shape index (κ2) is 7.44. The highest BCUT2D eigenvalue weighted by atomic mass is 16.5. The first kappa shape index (κ1) is 16.5. The molecule has 2 nitrogen and oxygen atoms in total. The molecule has 0 saturated heterocycles. The molecular formula is C20H27NO. The molecule has 1 aliphatic rings. The number of aliphatic imine (C=N–C) groups is 1. The van der Waals surface area contributed by atoms with Crippen LogP contribution in [0.3, 0.4) is 0 Å². The van der Waals surface area contributed by atoms with E-state index >= 15 is 0 Å². The second-order valence-electron chi connectivity index (χ2n) is 6.30. The zero-order valence-corrected chi connectivity index (χ0v) is 14.2. The summed E-state index contributed by atoms with van der Waals surface area (Å²) in [5, 5.41) is 0. The zero-order valence-electron chi connectivity index (χ0n) is 14.2. The number of allylic oxidation sites excluding steroid dienone is 1. The summed E-state index contributed by atoms with van der Waals surface area (Å²) >= 11 is 0. The Kier molecular flexibility index (Phi) is 5.59. The molecule has 0 aromatic heterocycles. The molecule has 0 radical (unpaired) electrons. The second-order valence-corrected chi connectivity index (χ2v) is 6.30. The van der Waals surface area contributed by atoms with Crippen LogP contribution < -0.4 is 0 Å². The Balaban J connectivity index is 2.13. The summed E-state index contributed by atoms with van der Waals surface area (Å²) < 4.78 is 6.08. The summed E-state index contributed by atoms with van der Waals surface area (Å²) in [5.41, 5.74) is 3.32. The summed E-state index contributed by atoms with van der Waals surface area (Å²) in [7, 11) is 0. The van der Waals surface area contributed by atoms with Gasteiger partial charge in [-0.05, 0) is 32.8 Å². The van der Waals surface area contributed by atoms with Crippen molar-refractivity contribution in [3.8, 4) is 0 Å². The van der Waals surface area contributed by atoms with E-state index in [0.717, 1.165) is 17.9 Å². The minimum atomic E-state index is -0.289. The molecule has 0 amide bonds. The Labute approximate surface area is 134 Å². The van der Waals surface area contributed by atoms with Crippen molar-refractivity contribution in [2.75, 3.05) is 0 Å². The molecule has 0 N–H and O–H groups in total. The van der Waals surface area contributed by atoms with Crippen molar-refractivity contribution in [1.82, 2.24) is 0 Å². The predicted octanol–water partition coefficient (Wildman–Crippen LogP) is 5.46. The minimum absolute atomic E-state index is 0.289. The smallest absolute Gasteiger partial charge is 0.213 e. The third-order valence-corrected chi connectivity index (χ3v) is 3.98. The lowest BCUT2D eigenvalue weighted by Gasteiger charge is -2.20.